The van der Waals surface area contributed by atoms with E-state index in [9.17, 15) is 9.59 Å². The maximum atomic E-state index is 12.2. The first-order valence-electron chi connectivity index (χ1n) is 10.4. The number of aryl methyl sites for hydroxylation is 5. The largest absolute Gasteiger partial charge is 0.489 e. The lowest BCUT2D eigenvalue weighted by Crippen LogP contribution is -2.22. The van der Waals surface area contributed by atoms with Crippen LogP contribution < -0.4 is 10.1 Å². The Hall–Kier alpha value is -3.61. The SMILES string of the molecule is Cc1cc(C)c(NC(=O)COC(=O)Cc2ccc(OCc3c(C)noc3C)cc2)c(C)c1. The lowest BCUT2D eigenvalue weighted by Gasteiger charge is -2.13. The van der Waals surface area contributed by atoms with Gasteiger partial charge >= 0.3 is 5.97 Å². The zero-order valence-corrected chi connectivity index (χ0v) is 19.1. The highest BCUT2D eigenvalue weighted by atomic mass is 16.5. The van der Waals surface area contributed by atoms with Crippen molar-refractivity contribution in [3.8, 4) is 5.75 Å². The van der Waals surface area contributed by atoms with E-state index >= 15 is 0 Å². The summed E-state index contributed by atoms with van der Waals surface area (Å²) in [6.45, 7) is 9.61. The molecule has 0 unspecified atom stereocenters. The lowest BCUT2D eigenvalue weighted by molar-refractivity contribution is -0.146. The van der Waals surface area contributed by atoms with E-state index in [1.807, 2.05) is 46.8 Å². The van der Waals surface area contributed by atoms with Gasteiger partial charge < -0.3 is 19.3 Å². The van der Waals surface area contributed by atoms with Crippen LogP contribution >= 0.6 is 0 Å². The molecule has 1 heterocycles. The summed E-state index contributed by atoms with van der Waals surface area (Å²) in [6.07, 6.45) is 0.0695. The van der Waals surface area contributed by atoms with Crippen molar-refractivity contribution in [2.45, 2.75) is 47.6 Å². The average molecular weight is 437 g/mol. The van der Waals surface area contributed by atoms with Crippen LogP contribution in [0.15, 0.2) is 40.9 Å². The molecular formula is C25H28N2O5. The van der Waals surface area contributed by atoms with Crippen molar-refractivity contribution in [3.05, 3.63) is 75.7 Å². The highest BCUT2D eigenvalue weighted by Gasteiger charge is 2.13. The smallest absolute Gasteiger partial charge is 0.310 e. The lowest BCUT2D eigenvalue weighted by atomic mass is 10.1. The van der Waals surface area contributed by atoms with Gasteiger partial charge in [-0.05, 0) is 63.4 Å². The molecule has 3 aromatic rings. The van der Waals surface area contributed by atoms with Crippen LogP contribution in [0.1, 0.15) is 39.3 Å². The fourth-order valence-corrected chi connectivity index (χ4v) is 3.48. The van der Waals surface area contributed by atoms with E-state index in [-0.39, 0.29) is 18.9 Å². The number of aromatic nitrogens is 1. The number of nitrogens with one attached hydrogen (secondary N) is 1. The van der Waals surface area contributed by atoms with Gasteiger partial charge in [0.1, 0.15) is 18.1 Å². The first-order chi connectivity index (χ1) is 15.2. The van der Waals surface area contributed by atoms with Crippen molar-refractivity contribution in [1.29, 1.82) is 0 Å². The Labute approximate surface area is 187 Å². The summed E-state index contributed by atoms with van der Waals surface area (Å²) in [4.78, 5) is 24.3. The molecule has 0 fully saturated rings. The highest BCUT2D eigenvalue weighted by molar-refractivity contribution is 5.94. The third-order valence-electron chi connectivity index (χ3n) is 5.14. The monoisotopic (exact) mass is 436 g/mol. The summed E-state index contributed by atoms with van der Waals surface area (Å²) < 4.78 is 16.0. The number of benzene rings is 2. The molecule has 2 aromatic carbocycles. The summed E-state index contributed by atoms with van der Waals surface area (Å²) >= 11 is 0. The molecule has 0 saturated carbocycles. The molecular weight excluding hydrogens is 408 g/mol. The number of amides is 1. The quantitative estimate of drug-likeness (QED) is 0.522. The average Bonchev–Trinajstić information content (AvgIpc) is 3.06. The standard InChI is InChI=1S/C25H28N2O5/c1-15-10-16(2)25(17(3)11-15)26-23(28)14-31-24(29)12-20-6-8-21(9-7-20)30-13-22-18(4)27-32-19(22)5/h6-11H,12-14H2,1-5H3,(H,26,28). The summed E-state index contributed by atoms with van der Waals surface area (Å²) in [6, 6.07) is 11.2. The fraction of sp³-hybridized carbons (Fsp3) is 0.320. The molecule has 7 heteroatoms. The Morgan fingerprint density at radius 1 is 1.00 bits per heavy atom. The van der Waals surface area contributed by atoms with Crippen molar-refractivity contribution in [3.63, 3.8) is 0 Å². The molecule has 168 valence electrons. The van der Waals surface area contributed by atoms with Gasteiger partial charge in [0.25, 0.3) is 5.91 Å². The molecule has 0 aliphatic carbocycles. The molecule has 1 N–H and O–H groups in total. The number of carbonyl (C=O) groups excluding carboxylic acids is 2. The van der Waals surface area contributed by atoms with E-state index in [0.29, 0.717) is 12.4 Å². The van der Waals surface area contributed by atoms with Gasteiger partial charge in [-0.15, -0.1) is 0 Å². The molecule has 0 bridgehead atoms. The van der Waals surface area contributed by atoms with Crippen molar-refractivity contribution in [2.24, 2.45) is 0 Å². The van der Waals surface area contributed by atoms with Crippen LogP contribution in [0.4, 0.5) is 5.69 Å². The van der Waals surface area contributed by atoms with Crippen LogP contribution in [-0.4, -0.2) is 23.6 Å². The number of anilines is 1. The Morgan fingerprint density at radius 3 is 2.25 bits per heavy atom. The number of ether oxygens (including phenoxy) is 2. The minimum absolute atomic E-state index is 0.0695. The first kappa shape index (κ1) is 23.1. The van der Waals surface area contributed by atoms with Gasteiger partial charge in [-0.25, -0.2) is 0 Å². The summed E-state index contributed by atoms with van der Waals surface area (Å²) in [7, 11) is 0. The van der Waals surface area contributed by atoms with Gasteiger partial charge in [0, 0.05) is 5.69 Å². The first-order valence-corrected chi connectivity index (χ1v) is 10.4. The molecule has 0 radical (unpaired) electrons. The van der Waals surface area contributed by atoms with E-state index in [2.05, 4.69) is 10.5 Å². The summed E-state index contributed by atoms with van der Waals surface area (Å²) in [5.74, 6) is 0.572. The van der Waals surface area contributed by atoms with E-state index in [0.717, 1.165) is 45.0 Å². The van der Waals surface area contributed by atoms with Crippen LogP contribution in [0.3, 0.4) is 0 Å². The molecule has 0 aliphatic rings. The second kappa shape index (κ2) is 10.1. The second-order valence-corrected chi connectivity index (χ2v) is 7.89. The van der Waals surface area contributed by atoms with E-state index in [1.165, 1.54) is 0 Å². The Morgan fingerprint density at radius 2 is 1.66 bits per heavy atom. The van der Waals surface area contributed by atoms with Crippen LogP contribution in [-0.2, 0) is 27.4 Å². The van der Waals surface area contributed by atoms with Crippen LogP contribution in [0, 0.1) is 34.6 Å². The topological polar surface area (TPSA) is 90.7 Å². The summed E-state index contributed by atoms with van der Waals surface area (Å²) in [5, 5.41) is 6.73. The molecule has 7 nitrogen and oxygen atoms in total. The number of rotatable bonds is 8. The van der Waals surface area contributed by atoms with Gasteiger partial charge in [0.15, 0.2) is 6.61 Å². The van der Waals surface area contributed by atoms with E-state index in [1.54, 1.807) is 24.3 Å². The number of hydrogen-bond donors (Lipinski definition) is 1. The molecule has 0 aliphatic heterocycles. The Bertz CT molecular complexity index is 1070. The highest BCUT2D eigenvalue weighted by Crippen LogP contribution is 2.22. The third kappa shape index (κ3) is 5.97. The third-order valence-corrected chi connectivity index (χ3v) is 5.14. The maximum Gasteiger partial charge on any atom is 0.310 e. The second-order valence-electron chi connectivity index (χ2n) is 7.89. The number of carbonyl (C=O) groups is 2. The van der Waals surface area contributed by atoms with Gasteiger partial charge in [0.2, 0.25) is 0 Å². The number of nitrogens with zero attached hydrogens (tertiary/aromatic N) is 1. The molecule has 1 amide bonds. The number of esters is 1. The normalized spacial score (nSPS) is 10.7. The maximum absolute atomic E-state index is 12.2. The van der Waals surface area contributed by atoms with Crippen molar-refractivity contribution >= 4 is 17.6 Å². The van der Waals surface area contributed by atoms with Gasteiger partial charge in [-0.2, -0.15) is 0 Å². The minimum Gasteiger partial charge on any atom is -0.489 e. The molecule has 1 aromatic heterocycles. The van der Waals surface area contributed by atoms with Gasteiger partial charge in [-0.1, -0.05) is 35.0 Å². The Kier molecular flexibility index (Phi) is 7.30. The van der Waals surface area contributed by atoms with Crippen LogP contribution in [0.2, 0.25) is 0 Å². The zero-order chi connectivity index (χ0) is 23.3. The number of hydrogen-bond acceptors (Lipinski definition) is 6. The molecule has 3 rings (SSSR count). The predicted octanol–water partition coefficient (Wildman–Crippen LogP) is 4.52. The molecule has 0 atom stereocenters. The summed E-state index contributed by atoms with van der Waals surface area (Å²) in [5.41, 5.74) is 6.32. The van der Waals surface area contributed by atoms with Gasteiger partial charge in [0.05, 0.1) is 17.7 Å². The predicted molar refractivity (Wildman–Crippen MR) is 121 cm³/mol. The van der Waals surface area contributed by atoms with Crippen molar-refractivity contribution < 1.29 is 23.6 Å². The van der Waals surface area contributed by atoms with E-state index < -0.39 is 5.97 Å². The van der Waals surface area contributed by atoms with Crippen molar-refractivity contribution in [1.82, 2.24) is 5.16 Å². The molecule has 0 spiro atoms. The van der Waals surface area contributed by atoms with Gasteiger partial charge in [-0.3, -0.25) is 9.59 Å². The van der Waals surface area contributed by atoms with Crippen LogP contribution in [0.5, 0.6) is 5.75 Å². The van der Waals surface area contributed by atoms with E-state index in [4.69, 9.17) is 14.0 Å². The minimum atomic E-state index is -0.470. The fourth-order valence-electron chi connectivity index (χ4n) is 3.48. The zero-order valence-electron chi connectivity index (χ0n) is 19.1. The van der Waals surface area contributed by atoms with Crippen LogP contribution in [0.25, 0.3) is 0 Å². The Balaban J connectivity index is 1.46. The molecule has 0 saturated heterocycles. The molecule has 32 heavy (non-hydrogen) atoms. The van der Waals surface area contributed by atoms with Crippen molar-refractivity contribution in [2.75, 3.05) is 11.9 Å².